The predicted octanol–water partition coefficient (Wildman–Crippen LogP) is 2.02. The van der Waals surface area contributed by atoms with Crippen molar-refractivity contribution in [3.63, 3.8) is 0 Å². The molecule has 0 bridgehead atoms. The second kappa shape index (κ2) is 5.32. The molecule has 0 saturated carbocycles. The van der Waals surface area contributed by atoms with E-state index in [-0.39, 0.29) is 6.04 Å². The van der Waals surface area contributed by atoms with Crippen LogP contribution in [-0.2, 0) is 0 Å². The molecule has 1 aromatic heterocycles. The first kappa shape index (κ1) is 11.4. The smallest absolute Gasteiger partial charge is 0.161 e. The van der Waals surface area contributed by atoms with Gasteiger partial charge in [-0.15, -0.1) is 11.3 Å². The third-order valence-corrected chi connectivity index (χ3v) is 3.89. The van der Waals surface area contributed by atoms with Gasteiger partial charge in [0.2, 0.25) is 0 Å². The van der Waals surface area contributed by atoms with Gasteiger partial charge in [0.15, 0.2) is 5.84 Å². The standard InChI is InChI=1S/C11H17N3OS/c12-11(13-15)10(9-5-4-8-16-9)14-6-2-1-3-7-14/h4-5,8,10,15H,1-3,6-7H2,(H2,12,13)/t10-/m1/s1. The number of rotatable bonds is 3. The third kappa shape index (κ3) is 2.36. The van der Waals surface area contributed by atoms with Crippen LogP contribution in [0.5, 0.6) is 0 Å². The summed E-state index contributed by atoms with van der Waals surface area (Å²) in [4.78, 5) is 3.45. The molecule has 0 aromatic carbocycles. The first-order chi connectivity index (χ1) is 7.83. The Hall–Kier alpha value is -1.07. The highest BCUT2D eigenvalue weighted by molar-refractivity contribution is 7.10. The summed E-state index contributed by atoms with van der Waals surface area (Å²) in [6.07, 6.45) is 3.67. The number of hydrogen-bond acceptors (Lipinski definition) is 4. The Morgan fingerprint density at radius 3 is 2.75 bits per heavy atom. The van der Waals surface area contributed by atoms with Gasteiger partial charge in [-0.2, -0.15) is 0 Å². The van der Waals surface area contributed by atoms with Gasteiger partial charge in [-0.3, -0.25) is 4.90 Å². The molecule has 5 heteroatoms. The van der Waals surface area contributed by atoms with E-state index in [0.717, 1.165) is 18.0 Å². The number of oxime groups is 1. The summed E-state index contributed by atoms with van der Waals surface area (Å²) in [6, 6.07) is 3.99. The fourth-order valence-electron chi connectivity index (χ4n) is 2.19. The summed E-state index contributed by atoms with van der Waals surface area (Å²) in [5.41, 5.74) is 5.80. The predicted molar refractivity (Wildman–Crippen MR) is 65.9 cm³/mol. The number of nitrogens with zero attached hydrogens (tertiary/aromatic N) is 2. The van der Waals surface area contributed by atoms with E-state index in [1.807, 2.05) is 17.5 Å². The van der Waals surface area contributed by atoms with Gasteiger partial charge < -0.3 is 10.9 Å². The zero-order valence-corrected chi connectivity index (χ0v) is 9.99. The normalized spacial score (nSPS) is 20.9. The van der Waals surface area contributed by atoms with E-state index in [1.54, 1.807) is 11.3 Å². The van der Waals surface area contributed by atoms with Gasteiger partial charge in [0.05, 0.1) is 0 Å². The van der Waals surface area contributed by atoms with Crippen molar-refractivity contribution in [3.05, 3.63) is 22.4 Å². The Morgan fingerprint density at radius 2 is 2.19 bits per heavy atom. The van der Waals surface area contributed by atoms with Crippen LogP contribution >= 0.6 is 11.3 Å². The molecule has 1 fully saturated rings. The van der Waals surface area contributed by atoms with Crippen molar-refractivity contribution in [2.75, 3.05) is 13.1 Å². The number of likely N-dealkylation sites (tertiary alicyclic amines) is 1. The minimum atomic E-state index is -0.0506. The van der Waals surface area contributed by atoms with Crippen molar-refractivity contribution in [1.82, 2.24) is 4.90 Å². The molecule has 0 radical (unpaired) electrons. The van der Waals surface area contributed by atoms with Crippen molar-refractivity contribution < 1.29 is 5.21 Å². The van der Waals surface area contributed by atoms with Crippen molar-refractivity contribution in [1.29, 1.82) is 0 Å². The maximum absolute atomic E-state index is 8.88. The Bertz CT molecular complexity index is 344. The molecule has 2 heterocycles. The van der Waals surface area contributed by atoms with Crippen LogP contribution in [-0.4, -0.2) is 29.0 Å². The van der Waals surface area contributed by atoms with Gasteiger partial charge >= 0.3 is 0 Å². The molecule has 0 spiro atoms. The molecule has 88 valence electrons. The number of nitrogens with two attached hydrogens (primary N) is 1. The van der Waals surface area contributed by atoms with E-state index in [2.05, 4.69) is 10.1 Å². The Labute approximate surface area is 99.4 Å². The lowest BCUT2D eigenvalue weighted by atomic mass is 10.1. The average Bonchev–Trinajstić information content (AvgIpc) is 2.84. The van der Waals surface area contributed by atoms with E-state index in [9.17, 15) is 0 Å². The lowest BCUT2D eigenvalue weighted by molar-refractivity contribution is 0.199. The first-order valence-corrected chi connectivity index (χ1v) is 6.46. The lowest BCUT2D eigenvalue weighted by Crippen LogP contribution is -2.40. The van der Waals surface area contributed by atoms with Gasteiger partial charge in [-0.05, 0) is 37.4 Å². The summed E-state index contributed by atoms with van der Waals surface area (Å²) < 4.78 is 0. The monoisotopic (exact) mass is 239 g/mol. The second-order valence-corrected chi connectivity index (χ2v) is 5.02. The van der Waals surface area contributed by atoms with Gasteiger partial charge in [0.1, 0.15) is 6.04 Å². The van der Waals surface area contributed by atoms with Crippen molar-refractivity contribution in [2.45, 2.75) is 25.3 Å². The molecule has 0 aliphatic carbocycles. The largest absolute Gasteiger partial charge is 0.409 e. The first-order valence-electron chi connectivity index (χ1n) is 5.58. The molecule has 0 unspecified atom stereocenters. The average molecular weight is 239 g/mol. The highest BCUT2D eigenvalue weighted by atomic mass is 32.1. The molecule has 16 heavy (non-hydrogen) atoms. The molecule has 3 N–H and O–H groups in total. The maximum atomic E-state index is 8.88. The fourth-order valence-corrected chi connectivity index (χ4v) is 3.06. The SMILES string of the molecule is NC(=NO)[C@@H](c1cccs1)N1CCCCC1. The van der Waals surface area contributed by atoms with Crippen molar-refractivity contribution in [2.24, 2.45) is 10.9 Å². The molecule has 1 atom stereocenters. The minimum absolute atomic E-state index is 0.0506. The minimum Gasteiger partial charge on any atom is -0.409 e. The summed E-state index contributed by atoms with van der Waals surface area (Å²) in [7, 11) is 0. The van der Waals surface area contributed by atoms with Crippen LogP contribution in [0.25, 0.3) is 0 Å². The molecular weight excluding hydrogens is 222 g/mol. The van der Waals surface area contributed by atoms with Gasteiger partial charge in [-0.1, -0.05) is 17.6 Å². The van der Waals surface area contributed by atoms with E-state index in [1.165, 1.54) is 19.3 Å². The van der Waals surface area contributed by atoms with Gasteiger partial charge in [0.25, 0.3) is 0 Å². The molecule has 1 aliphatic heterocycles. The highest BCUT2D eigenvalue weighted by Crippen LogP contribution is 2.27. The molecule has 1 aromatic rings. The quantitative estimate of drug-likeness (QED) is 0.367. The Balaban J connectivity index is 2.20. The van der Waals surface area contributed by atoms with Gasteiger partial charge in [0, 0.05) is 4.88 Å². The number of hydrogen-bond donors (Lipinski definition) is 2. The number of piperidine rings is 1. The van der Waals surface area contributed by atoms with Crippen LogP contribution in [0.2, 0.25) is 0 Å². The highest BCUT2D eigenvalue weighted by Gasteiger charge is 2.26. The van der Waals surface area contributed by atoms with Crippen LogP contribution in [0.4, 0.5) is 0 Å². The molecule has 4 nitrogen and oxygen atoms in total. The molecular formula is C11H17N3OS. The van der Waals surface area contributed by atoms with E-state index >= 15 is 0 Å². The van der Waals surface area contributed by atoms with E-state index in [0.29, 0.717) is 5.84 Å². The Morgan fingerprint density at radius 1 is 1.44 bits per heavy atom. The van der Waals surface area contributed by atoms with Crippen molar-refractivity contribution >= 4 is 17.2 Å². The van der Waals surface area contributed by atoms with E-state index in [4.69, 9.17) is 10.9 Å². The zero-order valence-electron chi connectivity index (χ0n) is 9.17. The van der Waals surface area contributed by atoms with Crippen LogP contribution in [0.3, 0.4) is 0 Å². The summed E-state index contributed by atoms with van der Waals surface area (Å²) >= 11 is 1.65. The summed E-state index contributed by atoms with van der Waals surface area (Å²) in [5.74, 6) is 0.296. The molecule has 1 saturated heterocycles. The van der Waals surface area contributed by atoms with Crippen LogP contribution in [0, 0.1) is 0 Å². The number of thiophene rings is 1. The van der Waals surface area contributed by atoms with Gasteiger partial charge in [-0.25, -0.2) is 0 Å². The molecule has 2 rings (SSSR count). The number of amidine groups is 1. The summed E-state index contributed by atoms with van der Waals surface area (Å²) in [6.45, 7) is 2.05. The topological polar surface area (TPSA) is 61.9 Å². The summed E-state index contributed by atoms with van der Waals surface area (Å²) in [5, 5.41) is 14.1. The van der Waals surface area contributed by atoms with Crippen LogP contribution in [0.1, 0.15) is 30.2 Å². The zero-order chi connectivity index (χ0) is 11.4. The van der Waals surface area contributed by atoms with E-state index < -0.39 is 0 Å². The third-order valence-electron chi connectivity index (χ3n) is 2.96. The maximum Gasteiger partial charge on any atom is 0.161 e. The van der Waals surface area contributed by atoms with Crippen molar-refractivity contribution in [3.8, 4) is 0 Å². The van der Waals surface area contributed by atoms with Crippen LogP contribution < -0.4 is 5.73 Å². The fraction of sp³-hybridized carbons (Fsp3) is 0.545. The Kier molecular flexibility index (Phi) is 3.79. The van der Waals surface area contributed by atoms with Crippen LogP contribution in [0.15, 0.2) is 22.7 Å². The molecule has 0 amide bonds. The second-order valence-electron chi connectivity index (χ2n) is 4.04. The molecule has 1 aliphatic rings. The lowest BCUT2D eigenvalue weighted by Gasteiger charge is -2.33.